The average molecular weight is 510 g/mol. The molecule has 4 aliphatic heterocycles. The molecule has 6 atom stereocenters. The second-order valence-corrected chi connectivity index (χ2v) is 13.1. The Morgan fingerprint density at radius 2 is 1.85 bits per heavy atom. The maximum absolute atomic E-state index is 13.3. The maximum atomic E-state index is 13.3. The lowest BCUT2D eigenvalue weighted by Crippen LogP contribution is -2.58. The Balaban J connectivity index is 1.22. The number of esters is 1. The average Bonchev–Trinajstić information content (AvgIpc) is 3.03. The number of likely N-dealkylation sites (tertiary alicyclic amines) is 1. The summed E-state index contributed by atoms with van der Waals surface area (Å²) in [6.07, 6.45) is 6.58. The van der Waals surface area contributed by atoms with Crippen LogP contribution in [-0.4, -0.2) is 61.5 Å². The van der Waals surface area contributed by atoms with E-state index in [9.17, 15) is 13.2 Å². The number of ether oxygens (including phenoxy) is 1. The minimum absolute atomic E-state index is 0.0942. The number of benzene rings is 1. The van der Waals surface area contributed by atoms with Crippen LogP contribution in [0.15, 0.2) is 23.1 Å². The highest BCUT2D eigenvalue weighted by Crippen LogP contribution is 2.47. The van der Waals surface area contributed by atoms with Gasteiger partial charge in [0.2, 0.25) is 10.0 Å². The van der Waals surface area contributed by atoms with Crippen LogP contribution in [0, 0.1) is 11.8 Å². The smallest absolute Gasteiger partial charge is 0.323 e. The Bertz CT molecular complexity index is 1020. The third-order valence-electron chi connectivity index (χ3n) is 7.97. The number of sulfonamides is 1. The van der Waals surface area contributed by atoms with Gasteiger partial charge in [0.05, 0.1) is 23.1 Å². The number of halogens is 1. The minimum atomic E-state index is -3.62. The Morgan fingerprint density at radius 1 is 1.12 bits per heavy atom. The first kappa shape index (κ1) is 24.5. The third-order valence-corrected chi connectivity index (χ3v) is 10.2. The summed E-state index contributed by atoms with van der Waals surface area (Å²) in [7, 11) is -3.62. The van der Waals surface area contributed by atoms with Gasteiger partial charge in [-0.15, -0.1) is 0 Å². The lowest BCUT2D eigenvalue weighted by molar-refractivity contribution is -0.149. The quantitative estimate of drug-likeness (QED) is 0.620. The molecule has 34 heavy (non-hydrogen) atoms. The molecule has 7 nitrogen and oxygen atoms in total. The Hall–Kier alpha value is -1.19. The number of piperidine rings is 3. The van der Waals surface area contributed by atoms with Crippen LogP contribution in [0.4, 0.5) is 0 Å². The van der Waals surface area contributed by atoms with Crippen LogP contribution in [0.25, 0.3) is 0 Å². The van der Waals surface area contributed by atoms with Gasteiger partial charge in [0, 0.05) is 18.1 Å². The molecule has 0 radical (unpaired) electrons. The van der Waals surface area contributed by atoms with Gasteiger partial charge in [-0.1, -0.05) is 25.4 Å². The number of rotatable bonds is 4. The molecule has 0 aromatic heterocycles. The SMILES string of the molecule is CC1CC(C)CN(C2CCCC(C(=O)OC[C@H]3CCC[C@H]4c5cc(Cl)ccc5S(=O)(=O)N34)N2)C1. The molecule has 3 saturated heterocycles. The molecule has 0 aliphatic carbocycles. The molecule has 1 aromatic carbocycles. The number of hydrogen-bond acceptors (Lipinski definition) is 6. The Morgan fingerprint density at radius 3 is 2.62 bits per heavy atom. The van der Waals surface area contributed by atoms with Gasteiger partial charge in [-0.3, -0.25) is 15.0 Å². The van der Waals surface area contributed by atoms with E-state index in [1.165, 1.54) is 6.42 Å². The summed E-state index contributed by atoms with van der Waals surface area (Å²) in [5.41, 5.74) is 0.769. The number of nitrogens with zero attached hydrogens (tertiary/aromatic N) is 2. The monoisotopic (exact) mass is 509 g/mol. The minimum Gasteiger partial charge on any atom is -0.463 e. The van der Waals surface area contributed by atoms with E-state index >= 15 is 0 Å². The molecule has 4 unspecified atom stereocenters. The zero-order chi connectivity index (χ0) is 24.0. The van der Waals surface area contributed by atoms with Crippen LogP contribution in [0.5, 0.6) is 0 Å². The van der Waals surface area contributed by atoms with E-state index in [0.717, 1.165) is 50.8 Å². The second-order valence-electron chi connectivity index (χ2n) is 10.8. The topological polar surface area (TPSA) is 79.0 Å². The van der Waals surface area contributed by atoms with Crippen LogP contribution in [-0.2, 0) is 19.6 Å². The van der Waals surface area contributed by atoms with Crippen molar-refractivity contribution in [2.75, 3.05) is 19.7 Å². The van der Waals surface area contributed by atoms with Crippen molar-refractivity contribution in [2.45, 2.75) is 88.0 Å². The summed E-state index contributed by atoms with van der Waals surface area (Å²) in [5.74, 6) is 1.07. The van der Waals surface area contributed by atoms with Crippen molar-refractivity contribution in [1.82, 2.24) is 14.5 Å². The van der Waals surface area contributed by atoms with Gasteiger partial charge < -0.3 is 4.74 Å². The molecule has 4 aliphatic rings. The van der Waals surface area contributed by atoms with E-state index < -0.39 is 10.0 Å². The van der Waals surface area contributed by atoms with Crippen LogP contribution in [0.3, 0.4) is 0 Å². The van der Waals surface area contributed by atoms with Crippen molar-refractivity contribution in [3.63, 3.8) is 0 Å². The number of carbonyl (C=O) groups is 1. The molecule has 0 saturated carbocycles. The predicted molar refractivity (Wildman–Crippen MR) is 131 cm³/mol. The molecule has 0 spiro atoms. The second kappa shape index (κ2) is 9.69. The maximum Gasteiger partial charge on any atom is 0.323 e. The molecule has 3 fully saturated rings. The molecule has 4 heterocycles. The van der Waals surface area contributed by atoms with Gasteiger partial charge >= 0.3 is 5.97 Å². The summed E-state index contributed by atoms with van der Waals surface area (Å²) in [5, 5.41) is 4.08. The van der Waals surface area contributed by atoms with E-state index in [4.69, 9.17) is 16.3 Å². The molecule has 1 N–H and O–H groups in total. The van der Waals surface area contributed by atoms with Crippen molar-refractivity contribution >= 4 is 27.6 Å². The van der Waals surface area contributed by atoms with Crippen molar-refractivity contribution in [3.8, 4) is 0 Å². The van der Waals surface area contributed by atoms with Gasteiger partial charge in [0.1, 0.15) is 12.6 Å². The van der Waals surface area contributed by atoms with Crippen LogP contribution in [0.1, 0.15) is 70.4 Å². The van der Waals surface area contributed by atoms with E-state index in [2.05, 4.69) is 24.1 Å². The van der Waals surface area contributed by atoms with Gasteiger partial charge in [0.25, 0.3) is 0 Å². The third kappa shape index (κ3) is 4.64. The number of nitrogens with one attached hydrogen (secondary N) is 1. The highest BCUT2D eigenvalue weighted by molar-refractivity contribution is 7.89. The zero-order valence-corrected chi connectivity index (χ0v) is 21.7. The summed E-state index contributed by atoms with van der Waals surface area (Å²) in [4.78, 5) is 15.8. The highest BCUT2D eigenvalue weighted by Gasteiger charge is 2.48. The van der Waals surface area contributed by atoms with Crippen LogP contribution < -0.4 is 5.32 Å². The number of hydrogen-bond donors (Lipinski definition) is 1. The fourth-order valence-electron chi connectivity index (χ4n) is 6.63. The van der Waals surface area contributed by atoms with Crippen LogP contribution in [0.2, 0.25) is 5.02 Å². The van der Waals surface area contributed by atoms with Crippen molar-refractivity contribution < 1.29 is 17.9 Å². The fraction of sp³-hybridized carbons (Fsp3) is 0.720. The first-order valence-corrected chi connectivity index (χ1v) is 14.6. The van der Waals surface area contributed by atoms with E-state index in [1.54, 1.807) is 22.5 Å². The summed E-state index contributed by atoms with van der Waals surface area (Å²) >= 11 is 6.16. The molecule has 0 amide bonds. The highest BCUT2D eigenvalue weighted by atomic mass is 35.5. The van der Waals surface area contributed by atoms with Crippen molar-refractivity contribution in [1.29, 1.82) is 0 Å². The summed E-state index contributed by atoms with van der Waals surface area (Å²) in [6, 6.07) is 4.08. The van der Waals surface area contributed by atoms with E-state index in [1.807, 2.05) is 0 Å². The lowest BCUT2D eigenvalue weighted by atomic mass is 9.90. The van der Waals surface area contributed by atoms with Gasteiger partial charge in [-0.25, -0.2) is 8.42 Å². The molecule has 0 bridgehead atoms. The van der Waals surface area contributed by atoms with Gasteiger partial charge in [-0.2, -0.15) is 4.31 Å². The molecule has 188 valence electrons. The molecular weight excluding hydrogens is 474 g/mol. The van der Waals surface area contributed by atoms with Crippen molar-refractivity contribution in [2.24, 2.45) is 11.8 Å². The summed E-state index contributed by atoms with van der Waals surface area (Å²) in [6.45, 7) is 6.81. The summed E-state index contributed by atoms with van der Waals surface area (Å²) < 4.78 is 33.9. The Kier molecular flexibility index (Phi) is 6.99. The van der Waals surface area contributed by atoms with E-state index in [-0.39, 0.29) is 36.9 Å². The standard InChI is InChI=1S/C25H36ClN3O4S/c1-16-11-17(2)14-28(13-16)24-8-4-6-21(27-24)25(30)33-15-19-5-3-7-22-20-12-18(26)9-10-23(20)34(31,32)29(19)22/h9-10,12,16-17,19,21-22,24,27H,3-8,11,13-15H2,1-2H3/t16?,17?,19-,21?,22+,24?/m1/s1. The van der Waals surface area contributed by atoms with E-state index in [0.29, 0.717) is 28.2 Å². The van der Waals surface area contributed by atoms with Gasteiger partial charge in [0.15, 0.2) is 0 Å². The predicted octanol–water partition coefficient (Wildman–Crippen LogP) is 3.93. The Labute approximate surface area is 208 Å². The molecule has 9 heteroatoms. The number of carbonyl (C=O) groups excluding carboxylic acids is 1. The molecule has 5 rings (SSSR count). The number of fused-ring (bicyclic) bond motifs is 3. The largest absolute Gasteiger partial charge is 0.463 e. The fourth-order valence-corrected chi connectivity index (χ4v) is 8.88. The molecule has 1 aromatic rings. The molecular formula is C25H36ClN3O4S. The van der Waals surface area contributed by atoms with Gasteiger partial charge in [-0.05, 0) is 80.5 Å². The van der Waals surface area contributed by atoms with Crippen molar-refractivity contribution in [3.05, 3.63) is 28.8 Å². The normalized spacial score (nSPS) is 36.0. The first-order chi connectivity index (χ1) is 16.2. The lowest BCUT2D eigenvalue weighted by Gasteiger charge is -2.43. The van der Waals surface area contributed by atoms with Crippen LogP contribution >= 0.6 is 11.6 Å². The zero-order valence-electron chi connectivity index (χ0n) is 20.1. The first-order valence-electron chi connectivity index (χ1n) is 12.7.